The van der Waals surface area contributed by atoms with Crippen LogP contribution in [0.1, 0.15) is 19.8 Å². The Morgan fingerprint density at radius 3 is 2.74 bits per heavy atom. The van der Waals surface area contributed by atoms with Gasteiger partial charge in [-0.2, -0.15) is 0 Å². The first-order valence-corrected chi connectivity index (χ1v) is 10.3. The second-order valence-electron chi connectivity index (χ2n) is 6.98. The molecule has 12 heteroatoms. The molecule has 1 aliphatic heterocycles. The van der Waals surface area contributed by atoms with E-state index in [1.54, 1.807) is 4.57 Å². The molecule has 1 fully saturated rings. The number of morpholine rings is 1. The highest BCUT2D eigenvalue weighted by atomic mass is 32.1. The van der Waals surface area contributed by atoms with Gasteiger partial charge in [-0.25, -0.2) is 0 Å². The van der Waals surface area contributed by atoms with Crippen LogP contribution >= 0.6 is 12.2 Å². The topological polar surface area (TPSA) is 83.6 Å². The molecule has 1 aromatic heterocycles. The second-order valence-corrected chi connectivity index (χ2v) is 7.37. The van der Waals surface area contributed by atoms with Crippen molar-refractivity contribution in [3.05, 3.63) is 18.2 Å². The van der Waals surface area contributed by atoms with E-state index < -0.39 is 12.1 Å². The first-order chi connectivity index (χ1) is 14.8. The number of azo groups is 1. The highest BCUT2D eigenvalue weighted by molar-refractivity contribution is 7.80. The van der Waals surface area contributed by atoms with Gasteiger partial charge in [0.2, 0.25) is 11.0 Å². The average Bonchev–Trinajstić information content (AvgIpc) is 2.97. The van der Waals surface area contributed by atoms with Crippen LogP contribution in [0.15, 0.2) is 28.4 Å². The molecule has 0 aliphatic carbocycles. The Hall–Kier alpha value is -2.44. The zero-order valence-corrected chi connectivity index (χ0v) is 17.8. The van der Waals surface area contributed by atoms with Crippen molar-refractivity contribution in [3.8, 4) is 11.6 Å². The van der Waals surface area contributed by atoms with Gasteiger partial charge in [0.1, 0.15) is 5.75 Å². The van der Waals surface area contributed by atoms with Crippen LogP contribution in [0.4, 0.5) is 18.9 Å². The van der Waals surface area contributed by atoms with Crippen molar-refractivity contribution in [1.29, 1.82) is 0 Å². The van der Waals surface area contributed by atoms with Gasteiger partial charge < -0.3 is 19.9 Å². The zero-order valence-electron chi connectivity index (χ0n) is 17.0. The van der Waals surface area contributed by atoms with Crippen LogP contribution in [0, 0.1) is 0 Å². The van der Waals surface area contributed by atoms with Gasteiger partial charge in [-0.1, -0.05) is 13.3 Å². The number of nitrogens with zero attached hydrogens (tertiary/aromatic N) is 4. The standard InChI is InChI=1S/C19H24F3N5O3S/c1-2-3-6-23-18(31)25-24-16-14-11-13(30-19(20,21)22)4-5-15(14)27(17(16)28)12-26-7-9-29-10-8-26/h4-5,11,28H,2-3,6-10,12H2,1H3,(H,23,31). The third-order valence-electron chi connectivity index (χ3n) is 4.71. The number of thiocarbonyl (C=S) groups is 1. The van der Waals surface area contributed by atoms with Crippen LogP contribution < -0.4 is 10.1 Å². The van der Waals surface area contributed by atoms with Gasteiger partial charge in [0.25, 0.3) is 0 Å². The van der Waals surface area contributed by atoms with Crippen molar-refractivity contribution in [2.75, 3.05) is 32.8 Å². The van der Waals surface area contributed by atoms with Crippen molar-refractivity contribution >= 4 is 33.9 Å². The third-order valence-corrected chi connectivity index (χ3v) is 4.93. The summed E-state index contributed by atoms with van der Waals surface area (Å²) in [6.45, 7) is 5.44. The van der Waals surface area contributed by atoms with Crippen LogP contribution in [-0.2, 0) is 11.4 Å². The molecule has 0 bridgehead atoms. The van der Waals surface area contributed by atoms with Gasteiger partial charge in [0.15, 0.2) is 5.69 Å². The lowest BCUT2D eigenvalue weighted by molar-refractivity contribution is -0.274. The number of halogens is 3. The van der Waals surface area contributed by atoms with Gasteiger partial charge in [-0.15, -0.1) is 23.4 Å². The predicted octanol–water partition coefficient (Wildman–Crippen LogP) is 4.29. The van der Waals surface area contributed by atoms with E-state index in [-0.39, 0.29) is 22.1 Å². The zero-order chi connectivity index (χ0) is 22.4. The Kier molecular flexibility index (Phi) is 7.68. The Morgan fingerprint density at radius 2 is 2.06 bits per heavy atom. The molecular formula is C19H24F3N5O3S. The minimum atomic E-state index is -4.83. The number of fused-ring (bicyclic) bond motifs is 1. The molecule has 2 N–H and O–H groups in total. The SMILES string of the molecule is CCCCNC(=S)N=Nc1c(O)n(CN2CCOCC2)c2ccc(OC(F)(F)F)cc12. The van der Waals surface area contributed by atoms with Crippen LogP contribution in [0.25, 0.3) is 10.9 Å². The van der Waals surface area contributed by atoms with Crippen molar-refractivity contribution in [1.82, 2.24) is 14.8 Å². The van der Waals surface area contributed by atoms with Crippen LogP contribution in [0.5, 0.6) is 11.6 Å². The van der Waals surface area contributed by atoms with Gasteiger partial charge in [-0.3, -0.25) is 9.47 Å². The second kappa shape index (κ2) is 10.2. The van der Waals surface area contributed by atoms with E-state index >= 15 is 0 Å². The van der Waals surface area contributed by atoms with Crippen molar-refractivity contribution in [2.24, 2.45) is 10.2 Å². The maximum atomic E-state index is 12.7. The molecule has 2 aromatic rings. The molecule has 0 unspecified atom stereocenters. The molecule has 1 saturated heterocycles. The molecule has 1 aliphatic rings. The summed E-state index contributed by atoms with van der Waals surface area (Å²) in [7, 11) is 0. The quantitative estimate of drug-likeness (QED) is 0.365. The van der Waals surface area contributed by atoms with E-state index in [0.717, 1.165) is 12.8 Å². The first kappa shape index (κ1) is 23.2. The summed E-state index contributed by atoms with van der Waals surface area (Å²) in [4.78, 5) is 2.06. The predicted molar refractivity (Wildman–Crippen MR) is 113 cm³/mol. The van der Waals surface area contributed by atoms with E-state index in [4.69, 9.17) is 17.0 Å². The molecule has 0 amide bonds. The Bertz CT molecular complexity index is 942. The monoisotopic (exact) mass is 459 g/mol. The number of benzene rings is 1. The van der Waals surface area contributed by atoms with E-state index in [0.29, 0.717) is 45.0 Å². The maximum absolute atomic E-state index is 12.7. The molecule has 170 valence electrons. The number of hydrogen-bond acceptors (Lipinski definition) is 6. The van der Waals surface area contributed by atoms with E-state index in [1.165, 1.54) is 18.2 Å². The molecule has 1 aromatic carbocycles. The van der Waals surface area contributed by atoms with Gasteiger partial charge in [-0.05, 0) is 36.8 Å². The lowest BCUT2D eigenvalue weighted by atomic mass is 10.2. The van der Waals surface area contributed by atoms with Gasteiger partial charge in [0, 0.05) is 25.0 Å². The highest BCUT2D eigenvalue weighted by Gasteiger charge is 2.31. The van der Waals surface area contributed by atoms with Gasteiger partial charge in [0.05, 0.1) is 25.4 Å². The van der Waals surface area contributed by atoms with E-state index in [9.17, 15) is 18.3 Å². The summed E-state index contributed by atoms with van der Waals surface area (Å²) in [6.07, 6.45) is -2.96. The number of unbranched alkanes of at least 4 members (excludes halogenated alkanes) is 1. The Morgan fingerprint density at radius 1 is 1.32 bits per heavy atom. The maximum Gasteiger partial charge on any atom is 0.573 e. The largest absolute Gasteiger partial charge is 0.573 e. The normalized spacial score (nSPS) is 15.6. The lowest BCUT2D eigenvalue weighted by Crippen LogP contribution is -2.37. The summed E-state index contributed by atoms with van der Waals surface area (Å²) in [5, 5.41) is 22.1. The van der Waals surface area contributed by atoms with E-state index in [2.05, 4.69) is 25.2 Å². The number of aromatic nitrogens is 1. The minimum absolute atomic E-state index is 0.0236. The molecule has 0 saturated carbocycles. The van der Waals surface area contributed by atoms with Crippen molar-refractivity contribution < 1.29 is 27.8 Å². The molecule has 0 radical (unpaired) electrons. The number of ether oxygens (including phenoxy) is 2. The summed E-state index contributed by atoms with van der Waals surface area (Å²) in [6, 6.07) is 3.83. The van der Waals surface area contributed by atoms with E-state index in [1.807, 2.05) is 6.92 Å². The number of hydrogen-bond donors (Lipinski definition) is 2. The Balaban J connectivity index is 1.95. The fraction of sp³-hybridized carbons (Fsp3) is 0.526. The third kappa shape index (κ3) is 6.28. The van der Waals surface area contributed by atoms with Crippen LogP contribution in [0.2, 0.25) is 0 Å². The molecule has 8 nitrogen and oxygen atoms in total. The lowest BCUT2D eigenvalue weighted by Gasteiger charge is -2.27. The summed E-state index contributed by atoms with van der Waals surface area (Å²) >= 11 is 5.11. The molecule has 31 heavy (non-hydrogen) atoms. The molecular weight excluding hydrogens is 435 g/mol. The van der Waals surface area contributed by atoms with Gasteiger partial charge >= 0.3 is 6.36 Å². The number of alkyl halides is 3. The number of aromatic hydroxyl groups is 1. The number of rotatable bonds is 7. The smallest absolute Gasteiger partial charge is 0.493 e. The fourth-order valence-corrected chi connectivity index (χ4v) is 3.33. The molecule has 2 heterocycles. The summed E-state index contributed by atoms with van der Waals surface area (Å²) in [5.41, 5.74) is 0.521. The van der Waals surface area contributed by atoms with Crippen LogP contribution in [-0.4, -0.2) is 58.9 Å². The number of nitrogens with one attached hydrogen (secondary N) is 1. The van der Waals surface area contributed by atoms with Crippen molar-refractivity contribution in [3.63, 3.8) is 0 Å². The highest BCUT2D eigenvalue weighted by Crippen LogP contribution is 2.41. The summed E-state index contributed by atoms with van der Waals surface area (Å²) in [5.74, 6) is -0.630. The molecule has 0 spiro atoms. The summed E-state index contributed by atoms with van der Waals surface area (Å²) < 4.78 is 49.0. The average molecular weight is 459 g/mol. The molecule has 0 atom stereocenters. The fourth-order valence-electron chi connectivity index (χ4n) is 3.19. The van der Waals surface area contributed by atoms with Crippen LogP contribution in [0.3, 0.4) is 0 Å². The molecule has 3 rings (SSSR count). The first-order valence-electron chi connectivity index (χ1n) is 9.89. The Labute approximate surface area is 182 Å². The van der Waals surface area contributed by atoms with Crippen molar-refractivity contribution in [2.45, 2.75) is 32.8 Å². The minimum Gasteiger partial charge on any atom is -0.493 e.